The van der Waals surface area contributed by atoms with Crippen molar-refractivity contribution in [2.24, 2.45) is 0 Å². The van der Waals surface area contributed by atoms with E-state index < -0.39 is 0 Å². The van der Waals surface area contributed by atoms with Crippen LogP contribution in [0.15, 0.2) is 59.4 Å². The number of H-pyrrole nitrogens is 1. The average molecular weight is 304 g/mol. The standard InChI is InChI=1S/C20H20N2O/c23-20-18(12-16-3-1-2-4-19(16)22-20)11-14-5-7-15(8-6-14)17-9-10-21-13-17/h1-8,12,17,21H,9-11,13H2,(H,22,23)/t17-/m1/s1. The van der Waals surface area contributed by atoms with Crippen LogP contribution in [-0.2, 0) is 6.42 Å². The van der Waals surface area contributed by atoms with E-state index in [1.165, 1.54) is 17.5 Å². The number of aromatic nitrogens is 1. The van der Waals surface area contributed by atoms with Crippen LogP contribution in [0.25, 0.3) is 10.9 Å². The molecular weight excluding hydrogens is 284 g/mol. The first-order valence-corrected chi connectivity index (χ1v) is 8.20. The summed E-state index contributed by atoms with van der Waals surface area (Å²) in [5.41, 5.74) is 4.30. The molecule has 3 nitrogen and oxygen atoms in total. The van der Waals surface area contributed by atoms with Gasteiger partial charge in [0.05, 0.1) is 0 Å². The lowest BCUT2D eigenvalue weighted by atomic mass is 9.96. The number of nitrogens with one attached hydrogen (secondary N) is 2. The zero-order valence-electron chi connectivity index (χ0n) is 13.0. The molecule has 0 saturated carbocycles. The number of benzene rings is 2. The van der Waals surface area contributed by atoms with Gasteiger partial charge in [-0.3, -0.25) is 4.79 Å². The molecular formula is C20H20N2O. The minimum absolute atomic E-state index is 0.00719. The summed E-state index contributed by atoms with van der Waals surface area (Å²) in [5, 5.41) is 4.48. The highest BCUT2D eigenvalue weighted by Crippen LogP contribution is 2.23. The smallest absolute Gasteiger partial charge is 0.251 e. The Morgan fingerprint density at radius 2 is 1.87 bits per heavy atom. The van der Waals surface area contributed by atoms with Crippen molar-refractivity contribution < 1.29 is 0 Å². The van der Waals surface area contributed by atoms with Gasteiger partial charge in [0.15, 0.2) is 0 Å². The average Bonchev–Trinajstić information content (AvgIpc) is 3.11. The van der Waals surface area contributed by atoms with E-state index in [4.69, 9.17) is 0 Å². The molecule has 0 amide bonds. The van der Waals surface area contributed by atoms with Crippen LogP contribution in [0.4, 0.5) is 0 Å². The second-order valence-electron chi connectivity index (χ2n) is 6.32. The Hall–Kier alpha value is -2.39. The van der Waals surface area contributed by atoms with Gasteiger partial charge >= 0.3 is 0 Å². The zero-order valence-corrected chi connectivity index (χ0v) is 13.0. The third-order valence-corrected chi connectivity index (χ3v) is 4.74. The van der Waals surface area contributed by atoms with Crippen molar-refractivity contribution in [2.45, 2.75) is 18.8 Å². The van der Waals surface area contributed by atoms with Crippen LogP contribution >= 0.6 is 0 Å². The normalized spacial score (nSPS) is 17.7. The number of pyridine rings is 1. The highest BCUT2D eigenvalue weighted by molar-refractivity contribution is 5.78. The summed E-state index contributed by atoms with van der Waals surface area (Å²) in [6.45, 7) is 2.18. The second kappa shape index (κ2) is 6.01. The van der Waals surface area contributed by atoms with Gasteiger partial charge in [0.2, 0.25) is 0 Å². The maximum atomic E-state index is 12.2. The first-order valence-electron chi connectivity index (χ1n) is 8.20. The van der Waals surface area contributed by atoms with Crippen molar-refractivity contribution in [2.75, 3.05) is 13.1 Å². The predicted molar refractivity (Wildman–Crippen MR) is 94.0 cm³/mol. The van der Waals surface area contributed by atoms with Crippen LogP contribution in [0.1, 0.15) is 29.0 Å². The van der Waals surface area contributed by atoms with Gasteiger partial charge in [-0.15, -0.1) is 0 Å². The fourth-order valence-electron chi connectivity index (χ4n) is 3.39. The van der Waals surface area contributed by atoms with Gasteiger partial charge in [-0.05, 0) is 47.5 Å². The molecule has 1 aliphatic rings. The van der Waals surface area contributed by atoms with Crippen LogP contribution in [-0.4, -0.2) is 18.1 Å². The van der Waals surface area contributed by atoms with Crippen LogP contribution < -0.4 is 10.9 Å². The maximum absolute atomic E-state index is 12.2. The van der Waals surface area contributed by atoms with Crippen molar-refractivity contribution in [1.29, 1.82) is 0 Å². The number of aromatic amines is 1. The Bertz CT molecular complexity index is 874. The summed E-state index contributed by atoms with van der Waals surface area (Å²) in [7, 11) is 0. The summed E-state index contributed by atoms with van der Waals surface area (Å²) < 4.78 is 0. The molecule has 23 heavy (non-hydrogen) atoms. The molecule has 3 heteroatoms. The topological polar surface area (TPSA) is 44.9 Å². The molecule has 4 rings (SSSR count). The minimum Gasteiger partial charge on any atom is -0.322 e. The highest BCUT2D eigenvalue weighted by atomic mass is 16.1. The molecule has 0 bridgehead atoms. The molecule has 2 aromatic carbocycles. The molecule has 2 N–H and O–H groups in total. The van der Waals surface area contributed by atoms with E-state index in [0.717, 1.165) is 29.6 Å². The molecule has 1 aromatic heterocycles. The largest absolute Gasteiger partial charge is 0.322 e. The molecule has 116 valence electrons. The number of para-hydroxylation sites is 1. The second-order valence-corrected chi connectivity index (χ2v) is 6.32. The van der Waals surface area contributed by atoms with Gasteiger partial charge in [0.1, 0.15) is 0 Å². The Morgan fingerprint density at radius 3 is 2.65 bits per heavy atom. The molecule has 0 unspecified atom stereocenters. The quantitative estimate of drug-likeness (QED) is 0.780. The first-order chi connectivity index (χ1) is 11.3. The SMILES string of the molecule is O=c1[nH]c2ccccc2cc1Cc1ccc([C@@H]2CCNC2)cc1. The van der Waals surface area contributed by atoms with Crippen LogP contribution in [0.2, 0.25) is 0 Å². The van der Waals surface area contributed by atoms with E-state index in [0.29, 0.717) is 12.3 Å². The Labute approximate surface area is 135 Å². The zero-order chi connectivity index (χ0) is 15.6. The summed E-state index contributed by atoms with van der Waals surface area (Å²) in [4.78, 5) is 15.2. The van der Waals surface area contributed by atoms with Crippen molar-refractivity contribution in [3.8, 4) is 0 Å². The van der Waals surface area contributed by atoms with Gasteiger partial charge in [-0.2, -0.15) is 0 Å². The summed E-state index contributed by atoms with van der Waals surface area (Å²) in [5.74, 6) is 0.633. The predicted octanol–water partition coefficient (Wildman–Crippen LogP) is 3.20. The Balaban J connectivity index is 1.60. The molecule has 0 radical (unpaired) electrons. The summed E-state index contributed by atoms with van der Waals surface area (Å²) in [6, 6.07) is 18.6. The summed E-state index contributed by atoms with van der Waals surface area (Å²) >= 11 is 0. The third kappa shape index (κ3) is 2.92. The number of fused-ring (bicyclic) bond motifs is 1. The van der Waals surface area contributed by atoms with Gasteiger partial charge in [-0.1, -0.05) is 42.5 Å². The summed E-state index contributed by atoms with van der Waals surface area (Å²) in [6.07, 6.45) is 1.88. The van der Waals surface area contributed by atoms with E-state index in [9.17, 15) is 4.79 Å². The van der Waals surface area contributed by atoms with Crippen molar-refractivity contribution >= 4 is 10.9 Å². The van der Waals surface area contributed by atoms with E-state index >= 15 is 0 Å². The van der Waals surface area contributed by atoms with Gasteiger partial charge < -0.3 is 10.3 Å². The molecule has 0 aliphatic carbocycles. The van der Waals surface area contributed by atoms with E-state index in [1.807, 2.05) is 30.3 Å². The fraction of sp³-hybridized carbons (Fsp3) is 0.250. The van der Waals surface area contributed by atoms with Crippen molar-refractivity contribution in [1.82, 2.24) is 10.3 Å². The van der Waals surface area contributed by atoms with E-state index in [2.05, 4.69) is 34.6 Å². The lowest BCUT2D eigenvalue weighted by molar-refractivity contribution is 0.763. The van der Waals surface area contributed by atoms with Crippen LogP contribution in [0, 0.1) is 0 Å². The van der Waals surface area contributed by atoms with Gasteiger partial charge in [0, 0.05) is 24.0 Å². The molecule has 0 spiro atoms. The number of hydrogen-bond donors (Lipinski definition) is 2. The monoisotopic (exact) mass is 304 g/mol. The van der Waals surface area contributed by atoms with Crippen LogP contribution in [0.5, 0.6) is 0 Å². The van der Waals surface area contributed by atoms with E-state index in [1.54, 1.807) is 0 Å². The van der Waals surface area contributed by atoms with Crippen LogP contribution in [0.3, 0.4) is 0 Å². The third-order valence-electron chi connectivity index (χ3n) is 4.74. The Kier molecular flexibility index (Phi) is 3.72. The van der Waals surface area contributed by atoms with Gasteiger partial charge in [0.25, 0.3) is 5.56 Å². The maximum Gasteiger partial charge on any atom is 0.251 e. The minimum atomic E-state index is 0.00719. The first kappa shape index (κ1) is 14.2. The fourth-order valence-corrected chi connectivity index (χ4v) is 3.39. The van der Waals surface area contributed by atoms with E-state index in [-0.39, 0.29) is 5.56 Å². The van der Waals surface area contributed by atoms with Gasteiger partial charge in [-0.25, -0.2) is 0 Å². The Morgan fingerprint density at radius 1 is 1.04 bits per heavy atom. The molecule has 1 fully saturated rings. The molecule has 3 aromatic rings. The molecule has 1 atom stereocenters. The van der Waals surface area contributed by atoms with Crippen molar-refractivity contribution in [3.05, 3.63) is 81.6 Å². The number of rotatable bonds is 3. The number of hydrogen-bond acceptors (Lipinski definition) is 2. The lowest BCUT2D eigenvalue weighted by Gasteiger charge is -2.10. The molecule has 1 saturated heterocycles. The molecule has 1 aliphatic heterocycles. The van der Waals surface area contributed by atoms with Crippen molar-refractivity contribution in [3.63, 3.8) is 0 Å². The molecule has 2 heterocycles. The lowest BCUT2D eigenvalue weighted by Crippen LogP contribution is -2.12. The highest BCUT2D eigenvalue weighted by Gasteiger charge is 2.16.